The van der Waals surface area contributed by atoms with Gasteiger partial charge >= 0.3 is 0 Å². The van der Waals surface area contributed by atoms with Gasteiger partial charge in [-0.2, -0.15) is 0 Å². The normalized spacial score (nSPS) is 10.7. The van der Waals surface area contributed by atoms with Crippen LogP contribution in [0.5, 0.6) is 0 Å². The number of halogens is 2. The number of rotatable bonds is 5. The van der Waals surface area contributed by atoms with Gasteiger partial charge in [0.2, 0.25) is 5.82 Å². The van der Waals surface area contributed by atoms with Gasteiger partial charge < -0.3 is 5.32 Å². The number of carbonyl (C=O) groups excluding carboxylic acids is 1. The maximum Gasteiger partial charge on any atom is 0.291 e. The molecular formula is C22H16ClFN4O. The lowest BCUT2D eigenvalue weighted by Gasteiger charge is -2.06. The molecule has 0 saturated carbocycles. The number of nitrogens with one attached hydrogen (secondary N) is 1. The van der Waals surface area contributed by atoms with Crippen LogP contribution in [0.3, 0.4) is 0 Å². The van der Waals surface area contributed by atoms with E-state index in [0.717, 1.165) is 5.56 Å². The van der Waals surface area contributed by atoms with Crippen LogP contribution in [0.2, 0.25) is 5.02 Å². The van der Waals surface area contributed by atoms with Crippen molar-refractivity contribution in [1.29, 1.82) is 0 Å². The van der Waals surface area contributed by atoms with Gasteiger partial charge in [0.25, 0.3) is 5.91 Å². The van der Waals surface area contributed by atoms with Crippen LogP contribution in [-0.4, -0.2) is 20.7 Å². The van der Waals surface area contributed by atoms with Crippen LogP contribution in [0.15, 0.2) is 78.9 Å². The topological polar surface area (TPSA) is 59.8 Å². The van der Waals surface area contributed by atoms with Crippen molar-refractivity contribution in [1.82, 2.24) is 20.1 Å². The molecule has 4 rings (SSSR count). The summed E-state index contributed by atoms with van der Waals surface area (Å²) >= 11 is 6.11. The predicted molar refractivity (Wildman–Crippen MR) is 109 cm³/mol. The summed E-state index contributed by atoms with van der Waals surface area (Å²) in [5, 5.41) is 7.71. The summed E-state index contributed by atoms with van der Waals surface area (Å²) in [6.07, 6.45) is 0. The van der Waals surface area contributed by atoms with Crippen molar-refractivity contribution in [3.05, 3.63) is 101 Å². The molecule has 5 nitrogen and oxygen atoms in total. The van der Waals surface area contributed by atoms with Gasteiger partial charge in [0.15, 0.2) is 5.82 Å². The lowest BCUT2D eigenvalue weighted by atomic mass is 10.2. The Labute approximate surface area is 171 Å². The molecule has 0 unspecified atom stereocenters. The molecule has 0 bridgehead atoms. The first-order valence-electron chi connectivity index (χ1n) is 8.91. The first kappa shape index (κ1) is 18.8. The van der Waals surface area contributed by atoms with Crippen molar-refractivity contribution >= 4 is 17.5 Å². The Kier molecular flexibility index (Phi) is 5.35. The van der Waals surface area contributed by atoms with Crippen LogP contribution < -0.4 is 5.32 Å². The van der Waals surface area contributed by atoms with E-state index in [0.29, 0.717) is 28.6 Å². The number of carbonyl (C=O) groups is 1. The summed E-state index contributed by atoms with van der Waals surface area (Å²) in [5.41, 5.74) is 2.24. The maximum atomic E-state index is 13.3. The monoisotopic (exact) mass is 406 g/mol. The molecule has 0 aliphatic carbocycles. The van der Waals surface area contributed by atoms with Gasteiger partial charge in [-0.05, 0) is 42.0 Å². The number of hydrogen-bond acceptors (Lipinski definition) is 3. The SMILES string of the molecule is O=C(NCc1ccccc1)c1nc(-c2cccc(Cl)c2)n(-c2ccc(F)cc2)n1. The number of aromatic nitrogens is 3. The quantitative estimate of drug-likeness (QED) is 0.524. The first-order valence-corrected chi connectivity index (χ1v) is 9.29. The summed E-state index contributed by atoms with van der Waals surface area (Å²) in [4.78, 5) is 17.1. The van der Waals surface area contributed by atoms with Crippen LogP contribution in [0.25, 0.3) is 17.1 Å². The number of benzene rings is 3. The molecule has 4 aromatic rings. The second-order valence-electron chi connectivity index (χ2n) is 6.33. The minimum absolute atomic E-state index is 0.0141. The molecule has 3 aromatic carbocycles. The fourth-order valence-corrected chi connectivity index (χ4v) is 3.03. The summed E-state index contributed by atoms with van der Waals surface area (Å²) < 4.78 is 14.8. The van der Waals surface area contributed by atoms with E-state index in [1.807, 2.05) is 36.4 Å². The summed E-state index contributed by atoms with van der Waals surface area (Å²) in [5.74, 6) is -0.318. The number of amides is 1. The number of nitrogens with zero attached hydrogens (tertiary/aromatic N) is 3. The highest BCUT2D eigenvalue weighted by Gasteiger charge is 2.19. The minimum Gasteiger partial charge on any atom is -0.345 e. The smallest absolute Gasteiger partial charge is 0.291 e. The van der Waals surface area contributed by atoms with E-state index in [9.17, 15) is 9.18 Å². The first-order chi connectivity index (χ1) is 14.1. The zero-order valence-corrected chi connectivity index (χ0v) is 16.0. The molecule has 0 fully saturated rings. The van der Waals surface area contributed by atoms with Gasteiger partial charge in [-0.25, -0.2) is 14.1 Å². The molecule has 29 heavy (non-hydrogen) atoms. The van der Waals surface area contributed by atoms with E-state index in [2.05, 4.69) is 15.4 Å². The largest absolute Gasteiger partial charge is 0.345 e. The molecule has 1 amide bonds. The molecular weight excluding hydrogens is 391 g/mol. The minimum atomic E-state index is -0.405. The van der Waals surface area contributed by atoms with Crippen molar-refractivity contribution in [2.45, 2.75) is 6.54 Å². The Balaban J connectivity index is 1.69. The summed E-state index contributed by atoms with van der Waals surface area (Å²) in [6.45, 7) is 0.358. The van der Waals surface area contributed by atoms with Crippen molar-refractivity contribution in [2.24, 2.45) is 0 Å². The van der Waals surface area contributed by atoms with Crippen LogP contribution in [-0.2, 0) is 6.54 Å². The van der Waals surface area contributed by atoms with Crippen LogP contribution in [0, 0.1) is 5.82 Å². The lowest BCUT2D eigenvalue weighted by Crippen LogP contribution is -2.24. The molecule has 0 atom stereocenters. The van der Waals surface area contributed by atoms with Crippen molar-refractivity contribution in [3.8, 4) is 17.1 Å². The van der Waals surface area contributed by atoms with E-state index in [1.54, 1.807) is 30.3 Å². The van der Waals surface area contributed by atoms with E-state index < -0.39 is 5.91 Å². The van der Waals surface area contributed by atoms with Crippen LogP contribution >= 0.6 is 11.6 Å². The average Bonchev–Trinajstić information content (AvgIpc) is 3.19. The molecule has 7 heteroatoms. The standard InChI is InChI=1S/C22H16ClFN4O/c23-17-8-4-7-16(13-17)21-26-20(22(29)25-14-15-5-2-1-3-6-15)27-28(21)19-11-9-18(24)10-12-19/h1-13H,14H2,(H,25,29). The van der Waals surface area contributed by atoms with E-state index >= 15 is 0 Å². The van der Waals surface area contributed by atoms with Gasteiger partial charge in [0.1, 0.15) is 5.82 Å². The van der Waals surface area contributed by atoms with Gasteiger partial charge in [0, 0.05) is 17.1 Å². The van der Waals surface area contributed by atoms with Gasteiger partial charge in [-0.15, -0.1) is 5.10 Å². The third-order valence-corrected chi connectivity index (χ3v) is 4.50. The third kappa shape index (κ3) is 4.33. The Morgan fingerprint density at radius 3 is 2.48 bits per heavy atom. The van der Waals surface area contributed by atoms with E-state index in [4.69, 9.17) is 11.6 Å². The molecule has 1 aromatic heterocycles. The summed E-state index contributed by atoms with van der Waals surface area (Å²) in [6, 6.07) is 22.4. The van der Waals surface area contributed by atoms with Gasteiger partial charge in [-0.3, -0.25) is 4.79 Å². The Morgan fingerprint density at radius 2 is 1.76 bits per heavy atom. The average molecular weight is 407 g/mol. The van der Waals surface area contributed by atoms with Gasteiger partial charge in [-0.1, -0.05) is 54.1 Å². The Hall–Kier alpha value is -3.51. The molecule has 0 aliphatic heterocycles. The Morgan fingerprint density at radius 1 is 1.00 bits per heavy atom. The molecule has 0 aliphatic rings. The van der Waals surface area contributed by atoms with Crippen LogP contribution in [0.4, 0.5) is 4.39 Å². The molecule has 0 spiro atoms. The summed E-state index contributed by atoms with van der Waals surface area (Å²) in [7, 11) is 0. The molecule has 144 valence electrons. The predicted octanol–water partition coefficient (Wildman–Crippen LogP) is 4.66. The highest BCUT2D eigenvalue weighted by Crippen LogP contribution is 2.24. The van der Waals surface area contributed by atoms with Crippen molar-refractivity contribution < 1.29 is 9.18 Å². The molecule has 0 radical (unpaired) electrons. The van der Waals surface area contributed by atoms with Gasteiger partial charge in [0.05, 0.1) is 5.69 Å². The maximum absolute atomic E-state index is 13.3. The third-order valence-electron chi connectivity index (χ3n) is 4.26. The van der Waals surface area contributed by atoms with Crippen molar-refractivity contribution in [2.75, 3.05) is 0 Å². The highest BCUT2D eigenvalue weighted by atomic mass is 35.5. The highest BCUT2D eigenvalue weighted by molar-refractivity contribution is 6.30. The van der Waals surface area contributed by atoms with Crippen LogP contribution in [0.1, 0.15) is 16.2 Å². The second-order valence-corrected chi connectivity index (χ2v) is 6.76. The molecule has 0 saturated heterocycles. The zero-order chi connectivity index (χ0) is 20.2. The zero-order valence-electron chi connectivity index (χ0n) is 15.2. The molecule has 1 heterocycles. The lowest BCUT2D eigenvalue weighted by molar-refractivity contribution is 0.0940. The van der Waals surface area contributed by atoms with E-state index in [1.165, 1.54) is 16.8 Å². The number of hydrogen-bond donors (Lipinski definition) is 1. The fraction of sp³-hybridized carbons (Fsp3) is 0.0455. The Bertz CT molecular complexity index is 1140. The second kappa shape index (κ2) is 8.24. The van der Waals surface area contributed by atoms with Crippen molar-refractivity contribution in [3.63, 3.8) is 0 Å². The molecule has 1 N–H and O–H groups in total. The fourth-order valence-electron chi connectivity index (χ4n) is 2.84. The van der Waals surface area contributed by atoms with E-state index in [-0.39, 0.29) is 11.6 Å².